The third kappa shape index (κ3) is 4.64. The summed E-state index contributed by atoms with van der Waals surface area (Å²) in [4.78, 5) is 19.0. The maximum absolute atomic E-state index is 13.0. The zero-order valence-corrected chi connectivity index (χ0v) is 15.8. The van der Waals surface area contributed by atoms with Crippen LogP contribution in [0, 0.1) is 0 Å². The highest BCUT2D eigenvalue weighted by Crippen LogP contribution is 2.18. The molecule has 1 atom stereocenters. The van der Waals surface area contributed by atoms with Gasteiger partial charge in [-0.25, -0.2) is 0 Å². The number of nitrogens with zero attached hydrogens (tertiary/aromatic N) is 4. The number of amides is 1. The monoisotopic (exact) mass is 376 g/mol. The first kappa shape index (κ1) is 18.4. The number of hydrogen-bond acceptors (Lipinski definition) is 4. The Hall–Kier alpha value is -2.99. The molecule has 0 spiro atoms. The van der Waals surface area contributed by atoms with E-state index in [1.165, 1.54) is 0 Å². The first-order chi connectivity index (χ1) is 13.8. The fourth-order valence-corrected chi connectivity index (χ4v) is 3.52. The summed E-state index contributed by atoms with van der Waals surface area (Å²) in [6.45, 7) is 2.59. The van der Waals surface area contributed by atoms with Gasteiger partial charge in [0.1, 0.15) is 0 Å². The van der Waals surface area contributed by atoms with Crippen LogP contribution in [0.4, 0.5) is 0 Å². The molecule has 1 fully saturated rings. The van der Waals surface area contributed by atoms with E-state index in [4.69, 9.17) is 4.74 Å². The fourth-order valence-electron chi connectivity index (χ4n) is 3.52. The van der Waals surface area contributed by atoms with Gasteiger partial charge >= 0.3 is 0 Å². The van der Waals surface area contributed by atoms with E-state index in [-0.39, 0.29) is 12.0 Å². The van der Waals surface area contributed by atoms with Crippen molar-refractivity contribution in [2.75, 3.05) is 13.1 Å². The number of pyridine rings is 1. The molecule has 0 N–H and O–H groups in total. The molecule has 0 unspecified atom stereocenters. The first-order valence-electron chi connectivity index (χ1n) is 9.64. The van der Waals surface area contributed by atoms with Crippen molar-refractivity contribution in [2.24, 2.45) is 0 Å². The van der Waals surface area contributed by atoms with Crippen molar-refractivity contribution < 1.29 is 9.53 Å². The molecule has 6 heteroatoms. The minimum atomic E-state index is 0.0603. The summed E-state index contributed by atoms with van der Waals surface area (Å²) >= 11 is 0. The molecule has 0 saturated carbocycles. The molecule has 6 nitrogen and oxygen atoms in total. The Balaban J connectivity index is 1.37. The van der Waals surface area contributed by atoms with Gasteiger partial charge < -0.3 is 9.64 Å². The second kappa shape index (κ2) is 8.80. The van der Waals surface area contributed by atoms with Gasteiger partial charge in [0.05, 0.1) is 19.3 Å². The van der Waals surface area contributed by atoms with Crippen molar-refractivity contribution in [2.45, 2.75) is 32.1 Å². The zero-order chi connectivity index (χ0) is 19.2. The first-order valence-corrected chi connectivity index (χ1v) is 9.64. The molecule has 0 radical (unpaired) electrons. The van der Waals surface area contributed by atoms with Gasteiger partial charge in [-0.3, -0.25) is 14.5 Å². The predicted octanol–water partition coefficient (Wildman–Crippen LogP) is 3.15. The Bertz CT molecular complexity index is 896. The van der Waals surface area contributed by atoms with E-state index >= 15 is 0 Å². The highest BCUT2D eigenvalue weighted by atomic mass is 16.5. The van der Waals surface area contributed by atoms with Gasteiger partial charge in [-0.15, -0.1) is 0 Å². The average molecular weight is 376 g/mol. The van der Waals surface area contributed by atoms with Gasteiger partial charge in [-0.05, 0) is 48.2 Å². The predicted molar refractivity (Wildman–Crippen MR) is 106 cm³/mol. The van der Waals surface area contributed by atoms with Crippen LogP contribution in [0.1, 0.15) is 34.3 Å². The number of ether oxygens (including phenoxy) is 1. The number of rotatable bonds is 6. The molecule has 1 saturated heterocycles. The lowest BCUT2D eigenvalue weighted by Gasteiger charge is -2.32. The van der Waals surface area contributed by atoms with E-state index in [0.29, 0.717) is 19.7 Å². The Kier molecular flexibility index (Phi) is 5.77. The number of piperidine rings is 1. The summed E-state index contributed by atoms with van der Waals surface area (Å²) < 4.78 is 7.89. The normalized spacial score (nSPS) is 16.9. The van der Waals surface area contributed by atoms with Crippen LogP contribution in [0.25, 0.3) is 0 Å². The van der Waals surface area contributed by atoms with Crippen LogP contribution in [0.15, 0.2) is 67.3 Å². The number of aromatic nitrogens is 3. The highest BCUT2D eigenvalue weighted by molar-refractivity contribution is 5.94. The van der Waals surface area contributed by atoms with Gasteiger partial charge in [0.25, 0.3) is 5.91 Å². The van der Waals surface area contributed by atoms with E-state index in [1.54, 1.807) is 12.4 Å². The summed E-state index contributed by atoms with van der Waals surface area (Å²) in [6.07, 6.45) is 9.24. The third-order valence-electron chi connectivity index (χ3n) is 4.95. The minimum absolute atomic E-state index is 0.0603. The molecule has 0 aliphatic carbocycles. The minimum Gasteiger partial charge on any atom is -0.372 e. The molecule has 0 bridgehead atoms. The van der Waals surface area contributed by atoms with Crippen molar-refractivity contribution in [1.82, 2.24) is 19.7 Å². The molecule has 1 aliphatic heterocycles. The van der Waals surface area contributed by atoms with Crippen molar-refractivity contribution in [3.63, 3.8) is 0 Å². The lowest BCUT2D eigenvalue weighted by molar-refractivity contribution is -0.00681. The lowest BCUT2D eigenvalue weighted by atomic mass is 10.1. The van der Waals surface area contributed by atoms with E-state index in [1.807, 2.05) is 64.4 Å². The molecule has 1 amide bonds. The molecule has 1 aliphatic rings. The summed E-state index contributed by atoms with van der Waals surface area (Å²) in [5.41, 5.74) is 2.84. The molecule has 28 heavy (non-hydrogen) atoms. The van der Waals surface area contributed by atoms with Crippen LogP contribution in [0.5, 0.6) is 0 Å². The summed E-state index contributed by atoms with van der Waals surface area (Å²) in [5, 5.41) is 4.23. The quantitative estimate of drug-likeness (QED) is 0.663. The van der Waals surface area contributed by atoms with E-state index in [9.17, 15) is 4.79 Å². The number of carbonyl (C=O) groups is 1. The van der Waals surface area contributed by atoms with Gasteiger partial charge in [0.2, 0.25) is 0 Å². The topological polar surface area (TPSA) is 60.2 Å². The van der Waals surface area contributed by atoms with Crippen LogP contribution in [-0.4, -0.2) is 44.8 Å². The van der Waals surface area contributed by atoms with E-state index in [2.05, 4.69) is 10.1 Å². The number of hydrogen-bond donors (Lipinski definition) is 0. The molecule has 2 aromatic heterocycles. The zero-order valence-electron chi connectivity index (χ0n) is 15.8. The standard InChI is InChI=1S/C22H24N4O2/c27-22(20-7-1-5-18(13-20)15-26-12-4-10-24-26)25-11-3-8-21(16-25)28-17-19-6-2-9-23-14-19/h1-2,4-7,9-10,12-14,21H,3,8,11,15-17H2/t21-/m1/s1. The van der Waals surface area contributed by atoms with Gasteiger partial charge in [0, 0.05) is 43.4 Å². The van der Waals surface area contributed by atoms with Crippen LogP contribution >= 0.6 is 0 Å². The second-order valence-corrected chi connectivity index (χ2v) is 7.09. The van der Waals surface area contributed by atoms with Crippen molar-refractivity contribution in [3.05, 3.63) is 83.9 Å². The third-order valence-corrected chi connectivity index (χ3v) is 4.95. The van der Waals surface area contributed by atoms with Crippen molar-refractivity contribution in [1.29, 1.82) is 0 Å². The Morgan fingerprint density at radius 3 is 2.89 bits per heavy atom. The average Bonchev–Trinajstić information content (AvgIpc) is 3.26. The molecule has 3 aromatic rings. The number of benzene rings is 1. The van der Waals surface area contributed by atoms with E-state index < -0.39 is 0 Å². The van der Waals surface area contributed by atoms with Crippen molar-refractivity contribution in [3.8, 4) is 0 Å². The Labute approximate surface area is 164 Å². The van der Waals surface area contributed by atoms with Gasteiger partial charge in [-0.2, -0.15) is 5.10 Å². The smallest absolute Gasteiger partial charge is 0.253 e. The Morgan fingerprint density at radius 1 is 1.14 bits per heavy atom. The lowest BCUT2D eigenvalue weighted by Crippen LogP contribution is -2.43. The largest absolute Gasteiger partial charge is 0.372 e. The summed E-state index contributed by atoms with van der Waals surface area (Å²) in [5.74, 6) is 0.0667. The summed E-state index contributed by atoms with van der Waals surface area (Å²) in [7, 11) is 0. The van der Waals surface area contributed by atoms with Crippen LogP contribution < -0.4 is 0 Å². The molecule has 4 rings (SSSR count). The van der Waals surface area contributed by atoms with Gasteiger partial charge in [0.15, 0.2) is 0 Å². The fraction of sp³-hybridized carbons (Fsp3) is 0.318. The number of carbonyl (C=O) groups excluding carboxylic acids is 1. The van der Waals surface area contributed by atoms with Crippen LogP contribution in [0.2, 0.25) is 0 Å². The number of likely N-dealkylation sites (tertiary alicyclic amines) is 1. The van der Waals surface area contributed by atoms with Crippen LogP contribution in [-0.2, 0) is 17.9 Å². The molecular formula is C22H24N4O2. The van der Waals surface area contributed by atoms with Crippen molar-refractivity contribution >= 4 is 5.91 Å². The van der Waals surface area contributed by atoms with E-state index in [0.717, 1.165) is 36.1 Å². The molecule has 3 heterocycles. The molecular weight excluding hydrogens is 352 g/mol. The maximum atomic E-state index is 13.0. The Morgan fingerprint density at radius 2 is 2.07 bits per heavy atom. The molecule has 144 valence electrons. The van der Waals surface area contributed by atoms with Gasteiger partial charge in [-0.1, -0.05) is 18.2 Å². The second-order valence-electron chi connectivity index (χ2n) is 7.09. The van der Waals surface area contributed by atoms with Crippen LogP contribution in [0.3, 0.4) is 0 Å². The summed E-state index contributed by atoms with van der Waals surface area (Å²) in [6, 6.07) is 13.6. The maximum Gasteiger partial charge on any atom is 0.253 e. The SMILES string of the molecule is O=C(c1cccc(Cn2cccn2)c1)N1CCC[C@@H](OCc2cccnc2)C1. The molecule has 1 aromatic carbocycles. The highest BCUT2D eigenvalue weighted by Gasteiger charge is 2.25.